The van der Waals surface area contributed by atoms with Crippen molar-refractivity contribution in [2.45, 2.75) is 25.3 Å². The molecule has 24 heavy (non-hydrogen) atoms. The Hall–Kier alpha value is -1.89. The maximum Gasteiger partial charge on any atom is 0.146 e. The number of aryl methyl sites for hydroxylation is 1. The van der Waals surface area contributed by atoms with Gasteiger partial charge < -0.3 is 19.3 Å². The molecule has 0 aliphatic carbocycles. The fourth-order valence-electron chi connectivity index (χ4n) is 3.12. The van der Waals surface area contributed by atoms with Gasteiger partial charge in [-0.2, -0.15) is 0 Å². The fourth-order valence-corrected chi connectivity index (χ4v) is 3.12. The molecular weight excluding hydrogens is 304 g/mol. The third-order valence-corrected chi connectivity index (χ3v) is 4.62. The number of imidazole rings is 1. The summed E-state index contributed by atoms with van der Waals surface area (Å²) in [6, 6.07) is 8.37. The Labute approximate surface area is 143 Å². The molecule has 3 rings (SSSR count). The van der Waals surface area contributed by atoms with Crippen LogP contribution in [0.1, 0.15) is 11.4 Å². The normalized spacial score (nSPS) is 21.5. The summed E-state index contributed by atoms with van der Waals surface area (Å²) in [7, 11) is 6.00. The number of rotatable bonds is 6. The topological polar surface area (TPSA) is 53.8 Å². The van der Waals surface area contributed by atoms with Crippen LogP contribution in [0.25, 0.3) is 0 Å². The van der Waals surface area contributed by atoms with Crippen LogP contribution in [-0.4, -0.2) is 63.8 Å². The van der Waals surface area contributed by atoms with E-state index in [1.165, 1.54) is 5.56 Å². The smallest absolute Gasteiger partial charge is 0.146 e. The zero-order valence-corrected chi connectivity index (χ0v) is 14.6. The number of hydrogen-bond donors (Lipinski definition) is 1. The number of benzene rings is 1. The van der Waals surface area contributed by atoms with Gasteiger partial charge in [0.15, 0.2) is 0 Å². The molecule has 0 amide bonds. The van der Waals surface area contributed by atoms with E-state index >= 15 is 0 Å². The zero-order valence-electron chi connectivity index (χ0n) is 14.6. The molecular formula is C18H26N4O2. The van der Waals surface area contributed by atoms with Crippen LogP contribution in [0.15, 0.2) is 36.7 Å². The van der Waals surface area contributed by atoms with Gasteiger partial charge in [0.05, 0.1) is 6.10 Å². The van der Waals surface area contributed by atoms with Crippen LogP contribution in [0.2, 0.25) is 0 Å². The van der Waals surface area contributed by atoms with Crippen molar-refractivity contribution in [3.8, 4) is 5.75 Å². The van der Waals surface area contributed by atoms with Gasteiger partial charge >= 0.3 is 0 Å². The van der Waals surface area contributed by atoms with Gasteiger partial charge in [-0.25, -0.2) is 4.98 Å². The van der Waals surface area contributed by atoms with Crippen molar-refractivity contribution in [3.05, 3.63) is 48.0 Å². The van der Waals surface area contributed by atoms with E-state index < -0.39 is 0 Å². The molecule has 0 spiro atoms. The van der Waals surface area contributed by atoms with Crippen molar-refractivity contribution >= 4 is 0 Å². The number of β-amino-alcohol motifs (C(OH)–C–C–N with tert-alkyl or cyclic N) is 1. The van der Waals surface area contributed by atoms with Crippen LogP contribution in [-0.2, 0) is 20.2 Å². The van der Waals surface area contributed by atoms with Gasteiger partial charge in [0.25, 0.3) is 0 Å². The van der Waals surface area contributed by atoms with Crippen LogP contribution >= 0.6 is 0 Å². The molecule has 2 aromatic rings. The third kappa shape index (κ3) is 3.95. The van der Waals surface area contributed by atoms with Crippen molar-refractivity contribution in [2.75, 3.05) is 27.2 Å². The van der Waals surface area contributed by atoms with Crippen molar-refractivity contribution < 1.29 is 9.84 Å². The molecule has 2 heterocycles. The number of nitrogens with zero attached hydrogens (tertiary/aromatic N) is 4. The summed E-state index contributed by atoms with van der Waals surface area (Å²) in [5.41, 5.74) is 1.23. The van der Waals surface area contributed by atoms with Gasteiger partial charge in [-0.1, -0.05) is 12.1 Å². The highest BCUT2D eigenvalue weighted by Gasteiger charge is 2.32. The van der Waals surface area contributed by atoms with Crippen molar-refractivity contribution in [1.29, 1.82) is 0 Å². The van der Waals surface area contributed by atoms with Crippen molar-refractivity contribution in [2.24, 2.45) is 7.05 Å². The highest BCUT2D eigenvalue weighted by atomic mass is 16.5. The molecule has 1 aliphatic heterocycles. The number of aliphatic hydroxyl groups excluding tert-OH is 1. The van der Waals surface area contributed by atoms with E-state index in [2.05, 4.69) is 26.9 Å². The third-order valence-electron chi connectivity index (χ3n) is 4.62. The number of likely N-dealkylation sites (N-methyl/N-ethyl adjacent to an activating group) is 1. The minimum absolute atomic E-state index is 0.213. The number of aliphatic hydroxyl groups is 1. The van der Waals surface area contributed by atoms with Gasteiger partial charge in [0.2, 0.25) is 0 Å². The van der Waals surface area contributed by atoms with E-state index in [1.807, 2.05) is 44.0 Å². The maximum absolute atomic E-state index is 10.1. The summed E-state index contributed by atoms with van der Waals surface area (Å²) in [5, 5.41) is 10.1. The van der Waals surface area contributed by atoms with Crippen LogP contribution in [0.3, 0.4) is 0 Å². The monoisotopic (exact) mass is 330 g/mol. The molecule has 0 bridgehead atoms. The Balaban J connectivity index is 1.52. The lowest BCUT2D eigenvalue weighted by atomic mass is 10.2. The first-order chi connectivity index (χ1) is 11.5. The number of hydrogen-bond acceptors (Lipinski definition) is 5. The SMILES string of the molecule is CN(C)[C@H]1CN(Cc2ccc(OCc3nccn3C)cc2)C[C@@H]1O. The Morgan fingerprint density at radius 2 is 2.00 bits per heavy atom. The van der Waals surface area contributed by atoms with E-state index in [4.69, 9.17) is 4.74 Å². The lowest BCUT2D eigenvalue weighted by molar-refractivity contribution is 0.112. The van der Waals surface area contributed by atoms with Crippen molar-refractivity contribution in [3.63, 3.8) is 0 Å². The second-order valence-electron chi connectivity index (χ2n) is 6.68. The molecule has 1 aromatic carbocycles. The summed E-state index contributed by atoms with van der Waals surface area (Å²) in [6.45, 7) is 2.93. The molecule has 1 aliphatic rings. The van der Waals surface area contributed by atoms with Crippen LogP contribution in [0.5, 0.6) is 5.75 Å². The molecule has 0 unspecified atom stereocenters. The van der Waals surface area contributed by atoms with E-state index in [1.54, 1.807) is 6.20 Å². The number of ether oxygens (including phenoxy) is 1. The Bertz CT molecular complexity index is 653. The van der Waals surface area contributed by atoms with Gasteiger partial charge in [-0.05, 0) is 31.8 Å². The van der Waals surface area contributed by atoms with E-state index in [0.29, 0.717) is 6.61 Å². The van der Waals surface area contributed by atoms with Gasteiger partial charge in [-0.3, -0.25) is 4.90 Å². The first-order valence-electron chi connectivity index (χ1n) is 8.27. The number of likely N-dealkylation sites (tertiary alicyclic amines) is 1. The molecule has 2 atom stereocenters. The van der Waals surface area contributed by atoms with Crippen LogP contribution < -0.4 is 4.74 Å². The van der Waals surface area contributed by atoms with E-state index in [9.17, 15) is 5.11 Å². The summed E-state index contributed by atoms with van der Waals surface area (Å²) in [6.07, 6.45) is 3.40. The second-order valence-corrected chi connectivity index (χ2v) is 6.68. The van der Waals surface area contributed by atoms with E-state index in [0.717, 1.165) is 31.2 Å². The summed E-state index contributed by atoms with van der Waals surface area (Å²) in [4.78, 5) is 8.64. The molecule has 6 nitrogen and oxygen atoms in total. The first-order valence-corrected chi connectivity index (χ1v) is 8.27. The Morgan fingerprint density at radius 3 is 2.58 bits per heavy atom. The lowest BCUT2D eigenvalue weighted by Gasteiger charge is -2.21. The first kappa shape index (κ1) is 17.0. The molecule has 1 fully saturated rings. The second kappa shape index (κ2) is 7.34. The van der Waals surface area contributed by atoms with Gasteiger partial charge in [-0.15, -0.1) is 0 Å². The quantitative estimate of drug-likeness (QED) is 0.860. The fraction of sp³-hybridized carbons (Fsp3) is 0.500. The predicted molar refractivity (Wildman–Crippen MR) is 92.7 cm³/mol. The highest BCUT2D eigenvalue weighted by molar-refractivity contribution is 5.27. The average molecular weight is 330 g/mol. The summed E-state index contributed by atoms with van der Waals surface area (Å²) >= 11 is 0. The predicted octanol–water partition coefficient (Wildman–Crippen LogP) is 1.11. The molecule has 0 saturated carbocycles. The van der Waals surface area contributed by atoms with Crippen LogP contribution in [0.4, 0.5) is 0 Å². The Kier molecular flexibility index (Phi) is 5.18. The van der Waals surface area contributed by atoms with Crippen LogP contribution in [0, 0.1) is 0 Å². The standard InChI is InChI=1S/C18H26N4O2/c1-20(2)16-11-22(12-17(16)23)10-14-4-6-15(7-5-14)24-13-18-19-8-9-21(18)3/h4-9,16-17,23H,10-13H2,1-3H3/t16-,17-/m0/s1. The molecule has 1 N–H and O–H groups in total. The minimum atomic E-state index is -0.277. The summed E-state index contributed by atoms with van der Waals surface area (Å²) in [5.74, 6) is 1.74. The lowest BCUT2D eigenvalue weighted by Crippen LogP contribution is -2.37. The molecule has 1 saturated heterocycles. The zero-order chi connectivity index (χ0) is 17.1. The molecule has 6 heteroatoms. The van der Waals surface area contributed by atoms with Gasteiger partial charge in [0, 0.05) is 45.1 Å². The Morgan fingerprint density at radius 1 is 1.25 bits per heavy atom. The van der Waals surface area contributed by atoms with Gasteiger partial charge in [0.1, 0.15) is 18.2 Å². The average Bonchev–Trinajstić information content (AvgIpc) is 3.12. The minimum Gasteiger partial charge on any atom is -0.486 e. The maximum atomic E-state index is 10.1. The highest BCUT2D eigenvalue weighted by Crippen LogP contribution is 2.19. The molecule has 0 radical (unpaired) electrons. The number of aromatic nitrogens is 2. The molecule has 130 valence electrons. The largest absolute Gasteiger partial charge is 0.486 e. The van der Waals surface area contributed by atoms with E-state index in [-0.39, 0.29) is 12.1 Å². The van der Waals surface area contributed by atoms with Crippen molar-refractivity contribution in [1.82, 2.24) is 19.4 Å². The molecule has 1 aromatic heterocycles. The summed E-state index contributed by atoms with van der Waals surface area (Å²) < 4.78 is 7.73.